The maximum absolute atomic E-state index is 13.7. The Balaban J connectivity index is 1.90. The molecule has 2 fully saturated rings. The first kappa shape index (κ1) is 12.6. The standard InChI is InChI=1S/C15H19BrFN/c1-18-15(11-3-2-4-13(17)14(11)16)12-8-9-5-6-10(12)7-9/h2-4,9-10,12,15,18H,5-8H2,1H3. The summed E-state index contributed by atoms with van der Waals surface area (Å²) in [7, 11) is 1.99. The fourth-order valence-corrected chi connectivity index (χ4v) is 4.57. The molecule has 2 aliphatic carbocycles. The Labute approximate surface area is 116 Å². The fraction of sp³-hybridized carbons (Fsp3) is 0.600. The smallest absolute Gasteiger partial charge is 0.137 e. The molecule has 0 spiro atoms. The average Bonchev–Trinajstić information content (AvgIpc) is 2.98. The van der Waals surface area contributed by atoms with Gasteiger partial charge >= 0.3 is 0 Å². The molecule has 0 aliphatic heterocycles. The third kappa shape index (κ3) is 2.01. The lowest BCUT2D eigenvalue weighted by Crippen LogP contribution is -2.29. The summed E-state index contributed by atoms with van der Waals surface area (Å²) in [4.78, 5) is 0. The molecule has 0 heterocycles. The van der Waals surface area contributed by atoms with Crippen LogP contribution in [-0.2, 0) is 0 Å². The van der Waals surface area contributed by atoms with Gasteiger partial charge in [-0.05, 0) is 71.6 Å². The first-order chi connectivity index (χ1) is 8.70. The van der Waals surface area contributed by atoms with Crippen LogP contribution in [0, 0.1) is 23.6 Å². The van der Waals surface area contributed by atoms with E-state index in [1.54, 1.807) is 0 Å². The van der Waals surface area contributed by atoms with Crippen LogP contribution in [0.15, 0.2) is 22.7 Å². The van der Waals surface area contributed by atoms with Crippen LogP contribution in [0.1, 0.15) is 37.3 Å². The highest BCUT2D eigenvalue weighted by Crippen LogP contribution is 2.53. The highest BCUT2D eigenvalue weighted by atomic mass is 79.9. The summed E-state index contributed by atoms with van der Waals surface area (Å²) in [5.41, 5.74) is 1.08. The number of benzene rings is 1. The summed E-state index contributed by atoms with van der Waals surface area (Å²) >= 11 is 3.41. The molecule has 0 aromatic heterocycles. The van der Waals surface area contributed by atoms with Gasteiger partial charge in [-0.2, -0.15) is 0 Å². The van der Waals surface area contributed by atoms with Crippen molar-refractivity contribution in [1.82, 2.24) is 5.32 Å². The van der Waals surface area contributed by atoms with Crippen molar-refractivity contribution in [3.05, 3.63) is 34.1 Å². The quantitative estimate of drug-likeness (QED) is 0.878. The Morgan fingerprint density at radius 2 is 2.17 bits per heavy atom. The summed E-state index contributed by atoms with van der Waals surface area (Å²) in [5.74, 6) is 2.27. The second-order valence-electron chi connectivity index (χ2n) is 5.75. The first-order valence-corrected chi connectivity index (χ1v) is 7.61. The Morgan fingerprint density at radius 1 is 1.33 bits per heavy atom. The minimum Gasteiger partial charge on any atom is -0.313 e. The second kappa shape index (κ2) is 4.93. The van der Waals surface area contributed by atoms with Gasteiger partial charge in [0.15, 0.2) is 0 Å². The molecule has 3 rings (SSSR count). The van der Waals surface area contributed by atoms with Gasteiger partial charge in [-0.1, -0.05) is 18.6 Å². The Morgan fingerprint density at radius 3 is 2.78 bits per heavy atom. The zero-order chi connectivity index (χ0) is 12.7. The van der Waals surface area contributed by atoms with Crippen LogP contribution >= 0.6 is 15.9 Å². The highest BCUT2D eigenvalue weighted by molar-refractivity contribution is 9.10. The van der Waals surface area contributed by atoms with Gasteiger partial charge in [-0.25, -0.2) is 4.39 Å². The predicted octanol–water partition coefficient (Wildman–Crippen LogP) is 4.28. The molecule has 4 atom stereocenters. The Hall–Kier alpha value is -0.410. The molecule has 0 saturated heterocycles. The van der Waals surface area contributed by atoms with Crippen molar-refractivity contribution in [2.75, 3.05) is 7.05 Å². The number of nitrogens with one attached hydrogen (secondary N) is 1. The SMILES string of the molecule is CNC(c1cccc(F)c1Br)C1CC2CCC1C2. The molecule has 2 saturated carbocycles. The fourth-order valence-electron chi connectivity index (χ4n) is 4.06. The largest absolute Gasteiger partial charge is 0.313 e. The van der Waals surface area contributed by atoms with E-state index >= 15 is 0 Å². The number of hydrogen-bond acceptors (Lipinski definition) is 1. The van der Waals surface area contributed by atoms with Gasteiger partial charge in [0, 0.05) is 6.04 Å². The van der Waals surface area contributed by atoms with E-state index < -0.39 is 0 Å². The van der Waals surface area contributed by atoms with Crippen molar-refractivity contribution in [2.24, 2.45) is 17.8 Å². The molecule has 4 unspecified atom stereocenters. The molecule has 1 N–H and O–H groups in total. The van der Waals surface area contributed by atoms with E-state index in [1.165, 1.54) is 31.7 Å². The van der Waals surface area contributed by atoms with Gasteiger partial charge in [0.25, 0.3) is 0 Å². The van der Waals surface area contributed by atoms with Gasteiger partial charge in [-0.15, -0.1) is 0 Å². The second-order valence-corrected chi connectivity index (χ2v) is 6.54. The first-order valence-electron chi connectivity index (χ1n) is 6.82. The molecule has 2 aliphatic rings. The van der Waals surface area contributed by atoms with E-state index in [9.17, 15) is 4.39 Å². The summed E-state index contributed by atoms with van der Waals surface area (Å²) in [6, 6.07) is 5.65. The minimum absolute atomic E-state index is 0.157. The molecule has 1 aromatic rings. The maximum atomic E-state index is 13.7. The minimum atomic E-state index is -0.157. The molecule has 1 nitrogen and oxygen atoms in total. The van der Waals surface area contributed by atoms with Crippen LogP contribution in [0.2, 0.25) is 0 Å². The van der Waals surface area contributed by atoms with E-state index in [0.717, 1.165) is 17.4 Å². The summed E-state index contributed by atoms with van der Waals surface area (Å²) in [6.45, 7) is 0. The number of fused-ring (bicyclic) bond motifs is 2. The van der Waals surface area contributed by atoms with Crippen LogP contribution in [0.25, 0.3) is 0 Å². The van der Waals surface area contributed by atoms with Crippen molar-refractivity contribution in [2.45, 2.75) is 31.7 Å². The van der Waals surface area contributed by atoms with Gasteiger partial charge in [0.2, 0.25) is 0 Å². The Kier molecular flexibility index (Phi) is 3.46. The number of halogens is 2. The van der Waals surface area contributed by atoms with Crippen LogP contribution < -0.4 is 5.32 Å². The van der Waals surface area contributed by atoms with Crippen molar-refractivity contribution >= 4 is 15.9 Å². The van der Waals surface area contributed by atoms with Crippen LogP contribution in [0.3, 0.4) is 0 Å². The van der Waals surface area contributed by atoms with Crippen LogP contribution in [-0.4, -0.2) is 7.05 Å². The topological polar surface area (TPSA) is 12.0 Å². The van der Waals surface area contributed by atoms with E-state index in [1.807, 2.05) is 19.2 Å². The summed E-state index contributed by atoms with van der Waals surface area (Å²) in [6.07, 6.45) is 5.46. The third-order valence-corrected chi connectivity index (χ3v) is 5.69. The number of rotatable bonds is 3. The maximum Gasteiger partial charge on any atom is 0.137 e. The van der Waals surface area contributed by atoms with Crippen LogP contribution in [0.4, 0.5) is 4.39 Å². The summed E-state index contributed by atoms with van der Waals surface area (Å²) < 4.78 is 14.3. The van der Waals surface area contributed by atoms with Gasteiger partial charge in [0.05, 0.1) is 4.47 Å². The lowest BCUT2D eigenvalue weighted by molar-refractivity contribution is 0.258. The van der Waals surface area contributed by atoms with Crippen LogP contribution in [0.5, 0.6) is 0 Å². The molecule has 18 heavy (non-hydrogen) atoms. The Bertz CT molecular complexity index is 448. The molecule has 2 bridgehead atoms. The third-order valence-electron chi connectivity index (χ3n) is 4.85. The van der Waals surface area contributed by atoms with Crippen molar-refractivity contribution in [1.29, 1.82) is 0 Å². The molecular formula is C15H19BrFN. The number of hydrogen-bond donors (Lipinski definition) is 1. The monoisotopic (exact) mass is 311 g/mol. The van der Waals surface area contributed by atoms with Gasteiger partial charge in [-0.3, -0.25) is 0 Å². The predicted molar refractivity (Wildman–Crippen MR) is 74.8 cm³/mol. The van der Waals surface area contributed by atoms with Gasteiger partial charge in [0.1, 0.15) is 5.82 Å². The van der Waals surface area contributed by atoms with E-state index in [0.29, 0.717) is 10.4 Å². The average molecular weight is 312 g/mol. The highest BCUT2D eigenvalue weighted by Gasteiger charge is 2.43. The molecule has 1 aromatic carbocycles. The van der Waals surface area contributed by atoms with E-state index in [2.05, 4.69) is 21.2 Å². The molecule has 98 valence electrons. The van der Waals surface area contributed by atoms with E-state index in [4.69, 9.17) is 0 Å². The van der Waals surface area contributed by atoms with Crippen molar-refractivity contribution in [3.63, 3.8) is 0 Å². The van der Waals surface area contributed by atoms with E-state index in [-0.39, 0.29) is 11.9 Å². The molecule has 0 amide bonds. The molecule has 0 radical (unpaired) electrons. The normalized spacial score (nSPS) is 31.8. The molecular weight excluding hydrogens is 293 g/mol. The van der Waals surface area contributed by atoms with Gasteiger partial charge < -0.3 is 5.32 Å². The lowest BCUT2D eigenvalue weighted by atomic mass is 9.80. The van der Waals surface area contributed by atoms with Crippen molar-refractivity contribution in [3.8, 4) is 0 Å². The lowest BCUT2D eigenvalue weighted by Gasteiger charge is -2.31. The zero-order valence-electron chi connectivity index (χ0n) is 10.6. The molecule has 3 heteroatoms. The zero-order valence-corrected chi connectivity index (χ0v) is 12.2. The summed E-state index contributed by atoms with van der Waals surface area (Å²) in [5, 5.41) is 3.42. The van der Waals surface area contributed by atoms with Crippen molar-refractivity contribution < 1.29 is 4.39 Å².